The molecular weight excluding hydrogens is 487 g/mol. The van der Waals surface area contributed by atoms with Gasteiger partial charge in [0.15, 0.2) is 5.84 Å². The van der Waals surface area contributed by atoms with Gasteiger partial charge in [0.05, 0.1) is 24.4 Å². The molecule has 1 fully saturated rings. The number of benzene rings is 1. The van der Waals surface area contributed by atoms with Crippen molar-refractivity contribution >= 4 is 29.1 Å². The molecule has 2 unspecified atom stereocenters. The van der Waals surface area contributed by atoms with Crippen molar-refractivity contribution < 1.29 is 13.9 Å². The van der Waals surface area contributed by atoms with E-state index in [9.17, 15) is 9.18 Å². The fraction of sp³-hybridized carbons (Fsp3) is 0.259. The molecule has 4 N–H and O–H groups in total. The van der Waals surface area contributed by atoms with Crippen LogP contribution in [-0.2, 0) is 0 Å². The van der Waals surface area contributed by atoms with E-state index in [-0.39, 0.29) is 35.3 Å². The number of halogens is 1. The zero-order valence-electron chi connectivity index (χ0n) is 20.8. The van der Waals surface area contributed by atoms with E-state index < -0.39 is 0 Å². The molecule has 1 aromatic carbocycles. The Labute approximate surface area is 218 Å². The minimum atomic E-state index is -0.383. The van der Waals surface area contributed by atoms with Gasteiger partial charge >= 0.3 is 0 Å². The van der Waals surface area contributed by atoms with Crippen LogP contribution in [0.1, 0.15) is 47.9 Å². The van der Waals surface area contributed by atoms with E-state index in [0.29, 0.717) is 34.8 Å². The molecule has 0 bridgehead atoms. The van der Waals surface area contributed by atoms with E-state index in [0.717, 1.165) is 31.1 Å². The van der Waals surface area contributed by atoms with Crippen molar-refractivity contribution in [3.8, 4) is 17.1 Å². The molecule has 194 valence electrons. The number of nitrogens with zero attached hydrogens (tertiary/aromatic N) is 5. The standard InChI is InChI=1S/C27H27FN8O2/c1-38-18-9-10-31-22(12-18)27(37)34-16-5-4-6-17(11-16)36-24-13-21(25(30)33-15-29)32-14-23(24)35-26(36)19-7-2-3-8-20(19)28/h2-3,7-10,12-17H,4-6,11H2,1H3,(H,34,37)(H3,29,30,33). The van der Waals surface area contributed by atoms with Crippen LogP contribution in [-0.4, -0.2) is 50.8 Å². The number of amides is 1. The summed E-state index contributed by atoms with van der Waals surface area (Å²) in [6.07, 6.45) is 7.06. The highest BCUT2D eigenvalue weighted by molar-refractivity contribution is 6.01. The molecule has 1 aliphatic rings. The van der Waals surface area contributed by atoms with Crippen molar-refractivity contribution in [2.24, 2.45) is 10.7 Å². The summed E-state index contributed by atoms with van der Waals surface area (Å²) in [5.74, 6) is 0.474. The molecule has 3 aromatic heterocycles. The minimum absolute atomic E-state index is 0.0805. The minimum Gasteiger partial charge on any atom is -0.497 e. The molecule has 2 atom stereocenters. The first-order valence-electron chi connectivity index (χ1n) is 12.2. The number of hydrogen-bond donors (Lipinski definition) is 3. The lowest BCUT2D eigenvalue weighted by atomic mass is 9.90. The molecular formula is C27H27FN8O2. The van der Waals surface area contributed by atoms with Crippen molar-refractivity contribution in [1.82, 2.24) is 24.8 Å². The number of carbonyl (C=O) groups is 1. The summed E-state index contributed by atoms with van der Waals surface area (Å²) >= 11 is 0. The lowest BCUT2D eigenvalue weighted by Crippen LogP contribution is -2.39. The highest BCUT2D eigenvalue weighted by atomic mass is 19.1. The van der Waals surface area contributed by atoms with Gasteiger partial charge in [-0.3, -0.25) is 20.2 Å². The van der Waals surface area contributed by atoms with Gasteiger partial charge in [0.1, 0.15) is 40.6 Å². The molecule has 5 rings (SSSR count). The number of imidazole rings is 1. The van der Waals surface area contributed by atoms with Crippen LogP contribution in [0.15, 0.2) is 59.9 Å². The van der Waals surface area contributed by atoms with Gasteiger partial charge in [0.2, 0.25) is 0 Å². The van der Waals surface area contributed by atoms with Crippen LogP contribution in [0.4, 0.5) is 4.39 Å². The normalized spacial score (nSPS) is 17.8. The van der Waals surface area contributed by atoms with Crippen LogP contribution in [0.3, 0.4) is 0 Å². The Morgan fingerprint density at radius 1 is 1.24 bits per heavy atom. The van der Waals surface area contributed by atoms with Crippen LogP contribution >= 0.6 is 0 Å². The number of rotatable bonds is 7. The largest absolute Gasteiger partial charge is 0.497 e. The van der Waals surface area contributed by atoms with E-state index in [2.05, 4.69) is 20.3 Å². The number of fused-ring (bicyclic) bond motifs is 1. The smallest absolute Gasteiger partial charge is 0.270 e. The van der Waals surface area contributed by atoms with E-state index in [4.69, 9.17) is 20.9 Å². The maximum absolute atomic E-state index is 14.9. The Morgan fingerprint density at radius 3 is 2.87 bits per heavy atom. The third kappa shape index (κ3) is 4.95. The monoisotopic (exact) mass is 514 g/mol. The van der Waals surface area contributed by atoms with Crippen LogP contribution in [0.25, 0.3) is 22.4 Å². The maximum atomic E-state index is 14.9. The van der Waals surface area contributed by atoms with Crippen LogP contribution < -0.4 is 15.8 Å². The molecule has 4 aromatic rings. The number of ether oxygens (including phenoxy) is 1. The van der Waals surface area contributed by atoms with E-state index >= 15 is 0 Å². The third-order valence-electron chi connectivity index (χ3n) is 6.70. The van der Waals surface area contributed by atoms with Gasteiger partial charge in [0, 0.05) is 24.3 Å². The molecule has 0 spiro atoms. The molecule has 1 aliphatic carbocycles. The predicted molar refractivity (Wildman–Crippen MR) is 142 cm³/mol. The fourth-order valence-electron chi connectivity index (χ4n) is 4.93. The fourth-order valence-corrected chi connectivity index (χ4v) is 4.93. The Balaban J connectivity index is 1.52. The Hall–Kier alpha value is -4.67. The van der Waals surface area contributed by atoms with Crippen LogP contribution in [0.2, 0.25) is 0 Å². The first kappa shape index (κ1) is 25.0. The van der Waals surface area contributed by atoms with Crippen molar-refractivity contribution in [1.29, 1.82) is 5.41 Å². The SMILES string of the molecule is COc1ccnc(C(=O)NC2CCCC(n3c(-c4ccccc4F)nc4cnc(C(N)=NC=N)cc43)C2)c1. The van der Waals surface area contributed by atoms with E-state index in [1.165, 1.54) is 19.4 Å². The number of nitrogens with two attached hydrogens (primary N) is 1. The molecule has 38 heavy (non-hydrogen) atoms. The van der Waals surface area contributed by atoms with Crippen LogP contribution in [0, 0.1) is 11.2 Å². The van der Waals surface area contributed by atoms with E-state index in [1.807, 2.05) is 4.57 Å². The first-order valence-corrected chi connectivity index (χ1v) is 12.2. The molecule has 3 heterocycles. The zero-order valence-corrected chi connectivity index (χ0v) is 20.8. The predicted octanol–water partition coefficient (Wildman–Crippen LogP) is 3.87. The van der Waals surface area contributed by atoms with Crippen molar-refractivity contribution in [2.45, 2.75) is 37.8 Å². The van der Waals surface area contributed by atoms with E-state index in [1.54, 1.807) is 42.6 Å². The summed E-state index contributed by atoms with van der Waals surface area (Å²) in [5, 5.41) is 10.3. The van der Waals surface area contributed by atoms with Crippen molar-refractivity contribution in [3.63, 3.8) is 0 Å². The first-order chi connectivity index (χ1) is 18.5. The number of amidine groups is 1. The molecule has 0 radical (unpaired) electrons. The topological polar surface area (TPSA) is 144 Å². The number of methoxy groups -OCH3 is 1. The zero-order chi connectivity index (χ0) is 26.6. The molecule has 11 heteroatoms. The second kappa shape index (κ2) is 10.8. The summed E-state index contributed by atoms with van der Waals surface area (Å²) < 4.78 is 22.2. The van der Waals surface area contributed by atoms with Gasteiger partial charge in [-0.05, 0) is 49.9 Å². The van der Waals surface area contributed by atoms with Crippen LogP contribution in [0.5, 0.6) is 5.75 Å². The average Bonchev–Trinajstić information content (AvgIpc) is 3.32. The highest BCUT2D eigenvalue weighted by Gasteiger charge is 2.29. The average molecular weight is 515 g/mol. The number of hydrogen-bond acceptors (Lipinski definition) is 6. The van der Waals surface area contributed by atoms with Gasteiger partial charge in [-0.15, -0.1) is 0 Å². The summed E-state index contributed by atoms with van der Waals surface area (Å²) in [5.41, 5.74) is 8.36. The van der Waals surface area contributed by atoms with Crippen molar-refractivity contribution in [3.05, 3.63) is 72.1 Å². The third-order valence-corrected chi connectivity index (χ3v) is 6.70. The molecule has 1 amide bonds. The summed E-state index contributed by atoms with van der Waals surface area (Å²) in [7, 11) is 1.54. The highest BCUT2D eigenvalue weighted by Crippen LogP contribution is 2.37. The molecule has 0 saturated heterocycles. The van der Waals surface area contributed by atoms with Gasteiger partial charge in [-0.2, -0.15) is 0 Å². The van der Waals surface area contributed by atoms with Gasteiger partial charge in [-0.1, -0.05) is 12.1 Å². The second-order valence-corrected chi connectivity index (χ2v) is 9.06. The molecule has 1 saturated carbocycles. The molecule has 0 aliphatic heterocycles. The number of nitrogens with one attached hydrogen (secondary N) is 2. The molecule has 10 nitrogen and oxygen atoms in total. The lowest BCUT2D eigenvalue weighted by Gasteiger charge is -2.32. The maximum Gasteiger partial charge on any atom is 0.270 e. The number of carbonyl (C=O) groups excluding carboxylic acids is 1. The number of aromatic nitrogens is 4. The summed E-state index contributed by atoms with van der Waals surface area (Å²) in [4.78, 5) is 30.0. The second-order valence-electron chi connectivity index (χ2n) is 9.06. The quantitative estimate of drug-likeness (QED) is 0.252. The number of aliphatic imine (C=N–C) groups is 1. The number of pyridine rings is 2. The summed E-state index contributed by atoms with van der Waals surface area (Å²) in [6.45, 7) is 0. The lowest BCUT2D eigenvalue weighted by molar-refractivity contribution is 0.0915. The summed E-state index contributed by atoms with van der Waals surface area (Å²) in [6, 6.07) is 11.4. The van der Waals surface area contributed by atoms with Gasteiger partial charge in [-0.25, -0.2) is 14.4 Å². The Kier molecular flexibility index (Phi) is 7.07. The Bertz CT molecular complexity index is 1530. The Morgan fingerprint density at radius 2 is 2.08 bits per heavy atom. The van der Waals surface area contributed by atoms with Crippen molar-refractivity contribution in [2.75, 3.05) is 7.11 Å². The van der Waals surface area contributed by atoms with Gasteiger partial charge < -0.3 is 20.4 Å². The van der Waals surface area contributed by atoms with Gasteiger partial charge in [0.25, 0.3) is 5.91 Å².